The molecule has 20 heavy (non-hydrogen) atoms. The zero-order valence-electron chi connectivity index (χ0n) is 11.2. The van der Waals surface area contributed by atoms with E-state index in [1.54, 1.807) is 11.8 Å². The minimum Gasteiger partial charge on any atom is -0.388 e. The molecule has 1 saturated heterocycles. The molecular formula is C14H17F2NO2S. The van der Waals surface area contributed by atoms with Crippen molar-refractivity contribution in [3.63, 3.8) is 0 Å². The summed E-state index contributed by atoms with van der Waals surface area (Å²) in [6.45, 7) is 1.49. The molecule has 1 heterocycles. The molecule has 1 aliphatic heterocycles. The van der Waals surface area contributed by atoms with E-state index in [4.69, 9.17) is 0 Å². The van der Waals surface area contributed by atoms with E-state index in [-0.39, 0.29) is 17.7 Å². The summed E-state index contributed by atoms with van der Waals surface area (Å²) in [5.41, 5.74) is -1.12. The van der Waals surface area contributed by atoms with Gasteiger partial charge in [-0.1, -0.05) is 0 Å². The molecule has 0 aliphatic carbocycles. The molecule has 1 aromatic carbocycles. The van der Waals surface area contributed by atoms with Gasteiger partial charge in [-0.25, -0.2) is 8.78 Å². The number of aliphatic hydroxyl groups is 1. The van der Waals surface area contributed by atoms with Crippen LogP contribution in [0, 0.1) is 18.6 Å². The minimum absolute atomic E-state index is 0.0569. The quantitative estimate of drug-likeness (QED) is 0.900. The van der Waals surface area contributed by atoms with Gasteiger partial charge in [-0.3, -0.25) is 4.79 Å². The molecule has 110 valence electrons. The first-order chi connectivity index (χ1) is 9.41. The lowest BCUT2D eigenvalue weighted by atomic mass is 9.96. The lowest BCUT2D eigenvalue weighted by molar-refractivity contribution is 0.0310. The van der Waals surface area contributed by atoms with Gasteiger partial charge >= 0.3 is 0 Å². The van der Waals surface area contributed by atoms with Crippen molar-refractivity contribution in [1.82, 2.24) is 5.32 Å². The fraction of sp³-hybridized carbons (Fsp3) is 0.500. The molecule has 2 N–H and O–H groups in total. The number of carbonyl (C=O) groups is 1. The predicted molar refractivity (Wildman–Crippen MR) is 74.9 cm³/mol. The van der Waals surface area contributed by atoms with Crippen molar-refractivity contribution < 1.29 is 18.7 Å². The molecule has 0 radical (unpaired) electrons. The topological polar surface area (TPSA) is 49.3 Å². The van der Waals surface area contributed by atoms with Gasteiger partial charge in [-0.15, -0.1) is 0 Å². The molecule has 0 atom stereocenters. The monoisotopic (exact) mass is 301 g/mol. The summed E-state index contributed by atoms with van der Waals surface area (Å²) in [4.78, 5) is 11.9. The van der Waals surface area contributed by atoms with E-state index >= 15 is 0 Å². The zero-order chi connectivity index (χ0) is 14.8. The lowest BCUT2D eigenvalue weighted by Crippen LogP contribution is -2.45. The maximum absolute atomic E-state index is 13.6. The highest BCUT2D eigenvalue weighted by atomic mass is 32.2. The lowest BCUT2D eigenvalue weighted by Gasteiger charge is -2.31. The van der Waals surface area contributed by atoms with E-state index in [1.165, 1.54) is 6.92 Å². The van der Waals surface area contributed by atoms with E-state index in [0.717, 1.165) is 23.6 Å². The number of hydrogen-bond donors (Lipinski definition) is 2. The molecule has 0 unspecified atom stereocenters. The fourth-order valence-corrected chi connectivity index (χ4v) is 3.34. The molecule has 1 fully saturated rings. The summed E-state index contributed by atoms with van der Waals surface area (Å²) >= 11 is 1.75. The summed E-state index contributed by atoms with van der Waals surface area (Å²) in [6.07, 6.45) is 1.17. The third kappa shape index (κ3) is 3.49. The molecule has 3 nitrogen and oxygen atoms in total. The number of rotatable bonds is 3. The third-order valence-electron chi connectivity index (χ3n) is 3.49. The minimum atomic E-state index is -0.944. The van der Waals surface area contributed by atoms with Crippen molar-refractivity contribution >= 4 is 17.7 Å². The molecule has 1 aliphatic rings. The van der Waals surface area contributed by atoms with Gasteiger partial charge in [0, 0.05) is 6.54 Å². The van der Waals surface area contributed by atoms with Crippen LogP contribution in [-0.4, -0.2) is 34.7 Å². The summed E-state index contributed by atoms with van der Waals surface area (Å²) in [6, 6.07) is 1.89. The first kappa shape index (κ1) is 15.3. The highest BCUT2D eigenvalue weighted by Crippen LogP contribution is 2.26. The summed E-state index contributed by atoms with van der Waals surface area (Å²) in [5.74, 6) is -0.412. The summed E-state index contributed by atoms with van der Waals surface area (Å²) in [7, 11) is 0. The van der Waals surface area contributed by atoms with E-state index in [0.29, 0.717) is 12.8 Å². The van der Waals surface area contributed by atoms with Crippen molar-refractivity contribution in [2.24, 2.45) is 0 Å². The Kier molecular flexibility index (Phi) is 4.65. The molecule has 0 spiro atoms. The third-order valence-corrected chi connectivity index (χ3v) is 4.48. The Morgan fingerprint density at radius 3 is 2.65 bits per heavy atom. The maximum Gasteiger partial charge on any atom is 0.254 e. The Balaban J connectivity index is 2.03. The van der Waals surface area contributed by atoms with Gasteiger partial charge in [0.25, 0.3) is 5.91 Å². The number of halogens is 2. The number of carbonyl (C=O) groups excluding carboxylic acids is 1. The Bertz CT molecular complexity index is 516. The maximum atomic E-state index is 13.6. The van der Waals surface area contributed by atoms with Crippen molar-refractivity contribution in [3.05, 3.63) is 34.9 Å². The smallest absolute Gasteiger partial charge is 0.254 e. The average molecular weight is 301 g/mol. The summed E-state index contributed by atoms with van der Waals surface area (Å²) in [5, 5.41) is 12.7. The zero-order valence-corrected chi connectivity index (χ0v) is 12.0. The molecule has 0 bridgehead atoms. The van der Waals surface area contributed by atoms with Crippen LogP contribution in [0.25, 0.3) is 0 Å². The van der Waals surface area contributed by atoms with Gasteiger partial charge in [0.2, 0.25) is 0 Å². The van der Waals surface area contributed by atoms with Crippen LogP contribution in [0.15, 0.2) is 12.1 Å². The number of amides is 1. The fourth-order valence-electron chi connectivity index (χ4n) is 2.09. The SMILES string of the molecule is Cc1cc(F)c(C(=O)NCC2(O)CCSCC2)cc1F. The Labute approximate surface area is 120 Å². The number of hydrogen-bond acceptors (Lipinski definition) is 3. The van der Waals surface area contributed by atoms with Crippen LogP contribution in [0.4, 0.5) is 8.78 Å². The van der Waals surface area contributed by atoms with Gasteiger partial charge in [-0.2, -0.15) is 11.8 Å². The van der Waals surface area contributed by atoms with Crippen molar-refractivity contribution in [2.75, 3.05) is 18.1 Å². The van der Waals surface area contributed by atoms with Crippen molar-refractivity contribution in [3.8, 4) is 0 Å². The second kappa shape index (κ2) is 6.10. The Morgan fingerprint density at radius 2 is 2.00 bits per heavy atom. The number of nitrogens with one attached hydrogen (secondary N) is 1. The molecule has 1 aromatic rings. The van der Waals surface area contributed by atoms with Crippen LogP contribution in [0.1, 0.15) is 28.8 Å². The van der Waals surface area contributed by atoms with Crippen LogP contribution in [0.2, 0.25) is 0 Å². The van der Waals surface area contributed by atoms with Crippen LogP contribution < -0.4 is 5.32 Å². The normalized spacial score (nSPS) is 17.8. The van der Waals surface area contributed by atoms with Crippen LogP contribution in [-0.2, 0) is 0 Å². The van der Waals surface area contributed by atoms with Gasteiger partial charge in [-0.05, 0) is 49.0 Å². The van der Waals surface area contributed by atoms with Gasteiger partial charge in [0.15, 0.2) is 0 Å². The number of thioether (sulfide) groups is 1. The van der Waals surface area contributed by atoms with E-state index < -0.39 is 23.1 Å². The molecule has 1 amide bonds. The highest BCUT2D eigenvalue weighted by molar-refractivity contribution is 7.99. The molecule has 6 heteroatoms. The van der Waals surface area contributed by atoms with E-state index in [9.17, 15) is 18.7 Å². The standard InChI is InChI=1S/C14H17F2NO2S/c1-9-6-12(16)10(7-11(9)15)13(18)17-8-14(19)2-4-20-5-3-14/h6-7,19H,2-5,8H2,1H3,(H,17,18). The largest absolute Gasteiger partial charge is 0.388 e. The number of benzene rings is 1. The van der Waals surface area contributed by atoms with Crippen LogP contribution >= 0.6 is 11.8 Å². The Morgan fingerprint density at radius 1 is 1.35 bits per heavy atom. The first-order valence-electron chi connectivity index (χ1n) is 6.45. The van der Waals surface area contributed by atoms with Gasteiger partial charge < -0.3 is 10.4 Å². The van der Waals surface area contributed by atoms with Gasteiger partial charge in [0.05, 0.1) is 11.2 Å². The molecule has 2 rings (SSSR count). The highest BCUT2D eigenvalue weighted by Gasteiger charge is 2.30. The second-order valence-corrected chi connectivity index (χ2v) is 6.33. The van der Waals surface area contributed by atoms with E-state index in [2.05, 4.69) is 5.32 Å². The average Bonchev–Trinajstić information content (AvgIpc) is 2.41. The molecular weight excluding hydrogens is 284 g/mol. The molecule has 0 saturated carbocycles. The number of aryl methyl sites for hydroxylation is 1. The van der Waals surface area contributed by atoms with Crippen LogP contribution in [0.3, 0.4) is 0 Å². The summed E-state index contributed by atoms with van der Waals surface area (Å²) < 4.78 is 27.0. The molecule has 0 aromatic heterocycles. The Hall–Kier alpha value is -1.14. The second-order valence-electron chi connectivity index (χ2n) is 5.10. The van der Waals surface area contributed by atoms with Gasteiger partial charge in [0.1, 0.15) is 11.6 Å². The van der Waals surface area contributed by atoms with Crippen molar-refractivity contribution in [1.29, 1.82) is 0 Å². The van der Waals surface area contributed by atoms with Crippen LogP contribution in [0.5, 0.6) is 0 Å². The predicted octanol–water partition coefficient (Wildman–Crippen LogP) is 2.26. The first-order valence-corrected chi connectivity index (χ1v) is 7.61. The van der Waals surface area contributed by atoms with Crippen molar-refractivity contribution in [2.45, 2.75) is 25.4 Å². The van der Waals surface area contributed by atoms with E-state index in [1.807, 2.05) is 0 Å².